The zero-order valence-corrected chi connectivity index (χ0v) is 20.2. The maximum Gasteiger partial charge on any atom is 0.159 e. The van der Waals surface area contributed by atoms with E-state index >= 15 is 0 Å². The van der Waals surface area contributed by atoms with Crippen molar-refractivity contribution in [2.45, 2.75) is 53.0 Å². The minimum atomic E-state index is 0.0956. The number of carbonyl (C=O) groups is 1. The van der Waals surface area contributed by atoms with Gasteiger partial charge in [0.15, 0.2) is 5.78 Å². The molecule has 1 aromatic heterocycles. The number of aryl methyl sites for hydroxylation is 2. The fourth-order valence-corrected chi connectivity index (χ4v) is 5.22. The Hall–Kier alpha value is -2.66. The van der Waals surface area contributed by atoms with Crippen molar-refractivity contribution in [1.29, 1.82) is 0 Å². The lowest BCUT2D eigenvalue weighted by molar-refractivity contribution is 0.101. The second-order valence-electron chi connectivity index (χ2n) is 8.91. The topological polar surface area (TPSA) is 45.2 Å². The van der Waals surface area contributed by atoms with Crippen LogP contribution in [-0.2, 0) is 13.0 Å². The molecule has 0 amide bonds. The van der Waals surface area contributed by atoms with E-state index in [-0.39, 0.29) is 5.78 Å². The number of hydrogen-bond acceptors (Lipinski definition) is 5. The molecule has 2 heterocycles. The number of anilines is 2. The Morgan fingerprint density at radius 3 is 2.75 bits per heavy atom. The predicted octanol–water partition coefficient (Wildman–Crippen LogP) is 6.42. The van der Waals surface area contributed by atoms with Crippen molar-refractivity contribution < 1.29 is 4.79 Å². The number of hydrogen-bond donors (Lipinski definition) is 1. The van der Waals surface area contributed by atoms with E-state index in [2.05, 4.69) is 57.8 Å². The first-order valence-corrected chi connectivity index (χ1v) is 12.5. The van der Waals surface area contributed by atoms with Gasteiger partial charge in [0.05, 0.1) is 28.6 Å². The molecular formula is C27H33N3OS. The molecule has 1 aliphatic rings. The summed E-state index contributed by atoms with van der Waals surface area (Å²) in [6.45, 7) is 8.64. The third kappa shape index (κ3) is 5.57. The molecular weight excluding hydrogens is 414 g/mol. The summed E-state index contributed by atoms with van der Waals surface area (Å²) in [4.78, 5) is 19.1. The molecule has 0 radical (unpaired) electrons. The summed E-state index contributed by atoms with van der Waals surface area (Å²) in [6.07, 6.45) is 4.80. The first-order valence-electron chi connectivity index (χ1n) is 11.6. The fraction of sp³-hybridized carbons (Fsp3) is 0.407. The molecule has 1 atom stereocenters. The van der Waals surface area contributed by atoms with Crippen molar-refractivity contribution in [3.8, 4) is 0 Å². The van der Waals surface area contributed by atoms with Gasteiger partial charge in [0.2, 0.25) is 0 Å². The Bertz CT molecular complexity index is 1070. The summed E-state index contributed by atoms with van der Waals surface area (Å²) < 4.78 is 0. The molecule has 1 saturated heterocycles. The van der Waals surface area contributed by atoms with Gasteiger partial charge in [-0.3, -0.25) is 4.79 Å². The highest BCUT2D eigenvalue weighted by Crippen LogP contribution is 2.32. The van der Waals surface area contributed by atoms with Gasteiger partial charge < -0.3 is 10.2 Å². The summed E-state index contributed by atoms with van der Waals surface area (Å²) in [5, 5.41) is 6.74. The summed E-state index contributed by atoms with van der Waals surface area (Å²) >= 11 is 1.67. The van der Waals surface area contributed by atoms with Crippen LogP contribution in [0, 0.1) is 19.8 Å². The Kier molecular flexibility index (Phi) is 7.26. The van der Waals surface area contributed by atoms with Crippen LogP contribution < -0.4 is 10.2 Å². The molecule has 0 spiro atoms. The highest BCUT2D eigenvalue weighted by atomic mass is 32.1. The van der Waals surface area contributed by atoms with E-state index in [4.69, 9.17) is 0 Å². The number of rotatable bonds is 7. The number of thiazole rings is 1. The highest BCUT2D eigenvalue weighted by molar-refractivity contribution is 7.09. The molecule has 32 heavy (non-hydrogen) atoms. The van der Waals surface area contributed by atoms with E-state index in [1.54, 1.807) is 18.3 Å². The summed E-state index contributed by atoms with van der Waals surface area (Å²) in [5.41, 5.74) is 6.90. The Morgan fingerprint density at radius 2 is 2.00 bits per heavy atom. The van der Waals surface area contributed by atoms with Crippen LogP contribution in [-0.4, -0.2) is 23.9 Å². The van der Waals surface area contributed by atoms with Gasteiger partial charge in [-0.2, -0.15) is 0 Å². The molecule has 1 fully saturated rings. The lowest BCUT2D eigenvalue weighted by atomic mass is 9.91. The summed E-state index contributed by atoms with van der Waals surface area (Å²) in [7, 11) is 0. The molecule has 1 aliphatic heterocycles. The van der Waals surface area contributed by atoms with E-state index in [0.29, 0.717) is 12.5 Å². The van der Waals surface area contributed by atoms with Crippen LogP contribution in [0.15, 0.2) is 47.8 Å². The lowest BCUT2D eigenvalue weighted by Gasteiger charge is -2.26. The molecule has 2 aromatic carbocycles. The largest absolute Gasteiger partial charge is 0.378 e. The number of aromatic nitrogens is 1. The van der Waals surface area contributed by atoms with Crippen LogP contribution in [0.2, 0.25) is 0 Å². The maximum absolute atomic E-state index is 12.0. The molecule has 3 aromatic rings. The van der Waals surface area contributed by atoms with Crippen molar-refractivity contribution in [1.82, 2.24) is 4.98 Å². The average molecular weight is 448 g/mol. The van der Waals surface area contributed by atoms with Crippen LogP contribution in [0.3, 0.4) is 0 Å². The normalized spacial score (nSPS) is 16.6. The van der Waals surface area contributed by atoms with Gasteiger partial charge in [-0.1, -0.05) is 24.3 Å². The minimum Gasteiger partial charge on any atom is -0.378 e. The second kappa shape index (κ2) is 10.3. The van der Waals surface area contributed by atoms with Crippen molar-refractivity contribution in [2.24, 2.45) is 5.92 Å². The summed E-state index contributed by atoms with van der Waals surface area (Å²) in [6, 6.07) is 14.9. The van der Waals surface area contributed by atoms with E-state index in [1.165, 1.54) is 36.1 Å². The Morgan fingerprint density at radius 1 is 1.16 bits per heavy atom. The predicted molar refractivity (Wildman–Crippen MR) is 135 cm³/mol. The zero-order valence-electron chi connectivity index (χ0n) is 19.4. The van der Waals surface area contributed by atoms with Gasteiger partial charge >= 0.3 is 0 Å². The quantitative estimate of drug-likeness (QED) is 0.424. The molecule has 0 aliphatic carbocycles. The number of ketones is 1. The van der Waals surface area contributed by atoms with Crippen molar-refractivity contribution in [3.63, 3.8) is 0 Å². The molecule has 4 rings (SSSR count). The molecule has 5 heteroatoms. The zero-order chi connectivity index (χ0) is 22.5. The number of Topliss-reactive ketones (excluding diaryl/α,β-unsaturated/α-hetero) is 1. The van der Waals surface area contributed by atoms with Gasteiger partial charge in [-0.05, 0) is 81.7 Å². The summed E-state index contributed by atoms with van der Waals surface area (Å²) in [5.74, 6) is 0.810. The second-order valence-corrected chi connectivity index (χ2v) is 9.98. The van der Waals surface area contributed by atoms with Gasteiger partial charge in [0.25, 0.3) is 0 Å². The van der Waals surface area contributed by atoms with E-state index in [9.17, 15) is 4.79 Å². The smallest absolute Gasteiger partial charge is 0.159 e. The van der Waals surface area contributed by atoms with Crippen molar-refractivity contribution in [2.75, 3.05) is 23.3 Å². The minimum absolute atomic E-state index is 0.0956. The van der Waals surface area contributed by atoms with Crippen LogP contribution in [0.25, 0.3) is 0 Å². The Balaban J connectivity index is 1.49. The maximum atomic E-state index is 12.0. The highest BCUT2D eigenvalue weighted by Gasteiger charge is 2.20. The molecule has 1 N–H and O–H groups in total. The standard InChI is InChI=1S/C27H33N3OS/c1-19-7-4-5-9-23(19)15-22-8-6-13-30(14-12-22)27-11-10-24(20(2)31)16-26(27)28-17-25-18-32-21(3)29-25/h4-5,7,9-11,16,18,22,28H,6,8,12-15,17H2,1-3H3. The van der Waals surface area contributed by atoms with E-state index in [0.717, 1.165) is 41.5 Å². The molecule has 0 saturated carbocycles. The number of nitrogens with zero attached hydrogens (tertiary/aromatic N) is 2. The van der Waals surface area contributed by atoms with Gasteiger partial charge in [0, 0.05) is 24.0 Å². The number of carbonyl (C=O) groups excluding carboxylic acids is 1. The average Bonchev–Trinajstić information content (AvgIpc) is 3.06. The number of benzene rings is 2. The monoisotopic (exact) mass is 447 g/mol. The SMILES string of the molecule is CC(=O)c1ccc(N2CCCC(Cc3ccccc3C)CC2)c(NCc2csc(C)n2)c1. The third-order valence-electron chi connectivity index (χ3n) is 6.49. The van der Waals surface area contributed by atoms with Crippen LogP contribution >= 0.6 is 11.3 Å². The lowest BCUT2D eigenvalue weighted by Crippen LogP contribution is -2.25. The molecule has 168 valence electrons. The fourth-order valence-electron chi connectivity index (χ4n) is 4.61. The first kappa shape index (κ1) is 22.5. The van der Waals surface area contributed by atoms with Gasteiger partial charge in [0.1, 0.15) is 0 Å². The molecule has 0 bridgehead atoms. The number of nitrogens with one attached hydrogen (secondary N) is 1. The van der Waals surface area contributed by atoms with Gasteiger partial charge in [-0.15, -0.1) is 11.3 Å². The first-order chi connectivity index (χ1) is 15.5. The Labute approximate surface area is 195 Å². The molecule has 4 nitrogen and oxygen atoms in total. The van der Waals surface area contributed by atoms with Crippen LogP contribution in [0.4, 0.5) is 11.4 Å². The van der Waals surface area contributed by atoms with Crippen LogP contribution in [0.1, 0.15) is 58.4 Å². The van der Waals surface area contributed by atoms with Gasteiger partial charge in [-0.25, -0.2) is 4.98 Å². The van der Waals surface area contributed by atoms with Crippen molar-refractivity contribution in [3.05, 3.63) is 75.2 Å². The van der Waals surface area contributed by atoms with E-state index in [1.807, 2.05) is 19.1 Å². The van der Waals surface area contributed by atoms with Crippen LogP contribution in [0.5, 0.6) is 0 Å². The third-order valence-corrected chi connectivity index (χ3v) is 7.31. The van der Waals surface area contributed by atoms with E-state index < -0.39 is 0 Å². The molecule has 1 unspecified atom stereocenters. The van der Waals surface area contributed by atoms with Crippen molar-refractivity contribution >= 4 is 28.5 Å².